The number of carbonyl (C=O) groups excluding carboxylic acids is 1. The first-order valence-electron chi connectivity index (χ1n) is 9.53. The Labute approximate surface area is 150 Å². The van der Waals surface area contributed by atoms with Gasteiger partial charge in [-0.1, -0.05) is 17.7 Å². The molecule has 136 valence electrons. The minimum absolute atomic E-state index is 0.0298. The minimum atomic E-state index is -0.537. The lowest BCUT2D eigenvalue weighted by molar-refractivity contribution is 0.0636. The molecule has 2 amide bonds. The van der Waals surface area contributed by atoms with Crippen LogP contribution in [0, 0.1) is 5.92 Å². The molecule has 1 aliphatic heterocycles. The molecule has 1 atom stereocenters. The van der Waals surface area contributed by atoms with Gasteiger partial charge in [-0.25, -0.2) is 4.79 Å². The van der Waals surface area contributed by atoms with Gasteiger partial charge in [0.05, 0.1) is 11.8 Å². The summed E-state index contributed by atoms with van der Waals surface area (Å²) in [5.41, 5.74) is 2.22. The number of nitrogens with zero attached hydrogens (tertiary/aromatic N) is 2. The van der Waals surface area contributed by atoms with Crippen molar-refractivity contribution in [1.29, 1.82) is 0 Å². The summed E-state index contributed by atoms with van der Waals surface area (Å²) >= 11 is 0. The molecule has 0 radical (unpaired) electrons. The zero-order valence-electron chi connectivity index (χ0n) is 14.9. The second kappa shape index (κ2) is 8.99. The summed E-state index contributed by atoms with van der Waals surface area (Å²) in [5.74, 6) is 0.173. The van der Waals surface area contributed by atoms with Crippen LogP contribution in [-0.4, -0.2) is 40.7 Å². The predicted octanol–water partition coefficient (Wildman–Crippen LogP) is 3.43. The molecule has 0 bridgehead atoms. The van der Waals surface area contributed by atoms with Crippen molar-refractivity contribution in [2.45, 2.75) is 51.0 Å². The molecule has 1 aromatic heterocycles. The van der Waals surface area contributed by atoms with E-state index in [1.807, 2.05) is 23.1 Å². The van der Waals surface area contributed by atoms with Gasteiger partial charge in [0.15, 0.2) is 0 Å². The Morgan fingerprint density at radius 1 is 1.32 bits per heavy atom. The molecule has 0 saturated carbocycles. The van der Waals surface area contributed by atoms with Crippen molar-refractivity contribution in [3.8, 4) is 0 Å². The first-order chi connectivity index (χ1) is 12.2. The van der Waals surface area contributed by atoms with Crippen LogP contribution in [0.2, 0.25) is 0 Å². The first kappa shape index (κ1) is 17.9. The van der Waals surface area contributed by atoms with Crippen molar-refractivity contribution in [2.75, 3.05) is 19.6 Å². The molecule has 5 nitrogen and oxygen atoms in total. The van der Waals surface area contributed by atoms with Gasteiger partial charge in [-0.05, 0) is 63.0 Å². The fourth-order valence-electron chi connectivity index (χ4n) is 3.78. The van der Waals surface area contributed by atoms with E-state index in [2.05, 4.69) is 16.4 Å². The predicted molar refractivity (Wildman–Crippen MR) is 98.1 cm³/mol. The molecule has 1 fully saturated rings. The standard InChI is InChI=1S/C20H29N3O2/c24-19(18-8-4-5-12-21-18)17-10-14-23(15-11-17)20(25)22-13-9-16-6-2-1-3-7-16/h4-6,8,12,17,19,24H,1-3,7,9-11,13-15H2,(H,22,25)/t19-/m1/s1. The number of nitrogens with one attached hydrogen (secondary N) is 1. The molecule has 3 rings (SSSR count). The number of hydrogen-bond acceptors (Lipinski definition) is 3. The van der Waals surface area contributed by atoms with E-state index in [1.54, 1.807) is 6.20 Å². The van der Waals surface area contributed by atoms with Crippen LogP contribution in [0.15, 0.2) is 36.0 Å². The quantitative estimate of drug-likeness (QED) is 0.805. The van der Waals surface area contributed by atoms with Crippen LogP contribution in [0.5, 0.6) is 0 Å². The smallest absolute Gasteiger partial charge is 0.317 e. The molecule has 2 heterocycles. The van der Waals surface area contributed by atoms with E-state index < -0.39 is 6.10 Å². The van der Waals surface area contributed by atoms with Crippen LogP contribution < -0.4 is 5.32 Å². The summed E-state index contributed by atoms with van der Waals surface area (Å²) in [6.07, 6.45) is 11.1. The minimum Gasteiger partial charge on any atom is -0.387 e. The number of piperidine rings is 1. The number of aromatic nitrogens is 1. The Kier molecular flexibility index (Phi) is 6.45. The lowest BCUT2D eigenvalue weighted by Crippen LogP contribution is -2.45. The molecule has 1 saturated heterocycles. The fourth-order valence-corrected chi connectivity index (χ4v) is 3.78. The number of allylic oxidation sites excluding steroid dienone is 1. The third kappa shape index (κ3) is 5.05. The summed E-state index contributed by atoms with van der Waals surface area (Å²) in [4.78, 5) is 18.4. The van der Waals surface area contributed by atoms with Crippen molar-refractivity contribution in [3.05, 3.63) is 41.7 Å². The van der Waals surface area contributed by atoms with Gasteiger partial charge in [-0.3, -0.25) is 4.98 Å². The molecule has 25 heavy (non-hydrogen) atoms. The topological polar surface area (TPSA) is 65.5 Å². The van der Waals surface area contributed by atoms with Crippen LogP contribution in [0.4, 0.5) is 4.79 Å². The van der Waals surface area contributed by atoms with Crippen molar-refractivity contribution >= 4 is 6.03 Å². The second-order valence-electron chi connectivity index (χ2n) is 7.11. The third-order valence-corrected chi connectivity index (χ3v) is 5.37. The normalized spacial score (nSPS) is 20.0. The van der Waals surface area contributed by atoms with Crippen molar-refractivity contribution in [1.82, 2.24) is 15.2 Å². The van der Waals surface area contributed by atoms with Crippen molar-refractivity contribution < 1.29 is 9.90 Å². The summed E-state index contributed by atoms with van der Waals surface area (Å²) in [6, 6.07) is 5.65. The van der Waals surface area contributed by atoms with E-state index in [0.717, 1.165) is 31.5 Å². The van der Waals surface area contributed by atoms with Gasteiger partial charge in [-0.2, -0.15) is 0 Å². The Morgan fingerprint density at radius 3 is 2.84 bits per heavy atom. The number of aliphatic hydroxyl groups excluding tert-OH is 1. The fraction of sp³-hybridized carbons (Fsp3) is 0.600. The average molecular weight is 343 g/mol. The van der Waals surface area contributed by atoms with Crippen molar-refractivity contribution in [2.24, 2.45) is 5.92 Å². The van der Waals surface area contributed by atoms with Crippen LogP contribution in [-0.2, 0) is 0 Å². The lowest BCUT2D eigenvalue weighted by Gasteiger charge is -2.34. The van der Waals surface area contributed by atoms with Crippen LogP contribution >= 0.6 is 0 Å². The van der Waals surface area contributed by atoms with Gasteiger partial charge in [0.25, 0.3) is 0 Å². The van der Waals surface area contributed by atoms with E-state index in [9.17, 15) is 9.90 Å². The number of likely N-dealkylation sites (tertiary alicyclic amines) is 1. The first-order valence-corrected chi connectivity index (χ1v) is 9.53. The molecular formula is C20H29N3O2. The Balaban J connectivity index is 1.39. The second-order valence-corrected chi connectivity index (χ2v) is 7.11. The molecule has 1 aliphatic carbocycles. The van der Waals surface area contributed by atoms with Gasteiger partial charge in [0.2, 0.25) is 0 Å². The summed E-state index contributed by atoms with van der Waals surface area (Å²) in [7, 11) is 0. The van der Waals surface area contributed by atoms with E-state index in [0.29, 0.717) is 13.1 Å². The van der Waals surface area contributed by atoms with Crippen LogP contribution in [0.1, 0.15) is 56.7 Å². The molecule has 0 aromatic carbocycles. The largest absolute Gasteiger partial charge is 0.387 e. The molecule has 1 aromatic rings. The Bertz CT molecular complexity index is 580. The molecule has 2 N–H and O–H groups in total. The number of hydrogen-bond donors (Lipinski definition) is 2. The van der Waals surface area contributed by atoms with Gasteiger partial charge < -0.3 is 15.3 Å². The highest BCUT2D eigenvalue weighted by molar-refractivity contribution is 5.74. The maximum atomic E-state index is 12.3. The monoisotopic (exact) mass is 343 g/mol. The van der Waals surface area contributed by atoms with Crippen LogP contribution in [0.3, 0.4) is 0 Å². The van der Waals surface area contributed by atoms with E-state index in [-0.39, 0.29) is 11.9 Å². The highest BCUT2D eigenvalue weighted by atomic mass is 16.3. The highest BCUT2D eigenvalue weighted by Gasteiger charge is 2.28. The number of aliphatic hydroxyl groups is 1. The molecule has 0 unspecified atom stereocenters. The van der Waals surface area contributed by atoms with Gasteiger partial charge in [0, 0.05) is 25.8 Å². The van der Waals surface area contributed by atoms with Crippen LogP contribution in [0.25, 0.3) is 0 Å². The van der Waals surface area contributed by atoms with Crippen molar-refractivity contribution in [3.63, 3.8) is 0 Å². The number of carbonyl (C=O) groups is 1. The number of urea groups is 1. The van der Waals surface area contributed by atoms with E-state index >= 15 is 0 Å². The zero-order chi connectivity index (χ0) is 17.5. The number of pyridine rings is 1. The number of amides is 2. The lowest BCUT2D eigenvalue weighted by atomic mass is 9.89. The SMILES string of the molecule is O=C(NCCC1=CCCCC1)N1CCC([C@@H](O)c2ccccn2)CC1. The van der Waals surface area contributed by atoms with Gasteiger partial charge >= 0.3 is 6.03 Å². The van der Waals surface area contributed by atoms with Gasteiger partial charge in [0.1, 0.15) is 0 Å². The highest BCUT2D eigenvalue weighted by Crippen LogP contribution is 2.29. The zero-order valence-corrected chi connectivity index (χ0v) is 14.9. The molecule has 2 aliphatic rings. The summed E-state index contributed by atoms with van der Waals surface area (Å²) < 4.78 is 0. The van der Waals surface area contributed by atoms with E-state index in [4.69, 9.17) is 0 Å². The summed E-state index contributed by atoms with van der Waals surface area (Å²) in [5, 5.41) is 13.5. The third-order valence-electron chi connectivity index (χ3n) is 5.37. The number of rotatable bonds is 5. The van der Waals surface area contributed by atoms with E-state index in [1.165, 1.54) is 31.3 Å². The maximum absolute atomic E-state index is 12.3. The average Bonchev–Trinajstić information content (AvgIpc) is 2.69. The molecule has 5 heteroatoms. The molecule has 0 spiro atoms. The summed E-state index contributed by atoms with van der Waals surface area (Å²) in [6.45, 7) is 2.12. The maximum Gasteiger partial charge on any atom is 0.317 e. The van der Waals surface area contributed by atoms with Gasteiger partial charge in [-0.15, -0.1) is 0 Å². The Morgan fingerprint density at radius 2 is 2.16 bits per heavy atom. The molecular weight excluding hydrogens is 314 g/mol. The Hall–Kier alpha value is -1.88.